The first-order valence-corrected chi connectivity index (χ1v) is 8.27. The van der Waals surface area contributed by atoms with Gasteiger partial charge in [-0.05, 0) is 31.4 Å². The summed E-state index contributed by atoms with van der Waals surface area (Å²) in [5.41, 5.74) is 1.60. The van der Waals surface area contributed by atoms with Crippen molar-refractivity contribution in [2.45, 2.75) is 32.2 Å². The molecule has 128 valence electrons. The number of benzene rings is 2. The summed E-state index contributed by atoms with van der Waals surface area (Å²) in [6.07, 6.45) is 1.27. The lowest BCUT2D eigenvalue weighted by atomic mass is 9.95. The average molecular weight is 327 g/mol. The van der Waals surface area contributed by atoms with Gasteiger partial charge in [0.2, 0.25) is 0 Å². The number of nitrogens with one attached hydrogen (secondary N) is 1. The minimum atomic E-state index is -0.409. The number of carbonyl (C=O) groups is 1. The summed E-state index contributed by atoms with van der Waals surface area (Å²) in [7, 11) is 0. The van der Waals surface area contributed by atoms with Gasteiger partial charge in [-0.25, -0.2) is 0 Å². The highest BCUT2D eigenvalue weighted by Gasteiger charge is 2.23. The van der Waals surface area contributed by atoms with Crippen LogP contribution in [0.1, 0.15) is 26.7 Å². The van der Waals surface area contributed by atoms with Gasteiger partial charge >= 0.3 is 0 Å². The zero-order chi connectivity index (χ0) is 17.4. The molecule has 2 rings (SSSR count). The first kappa shape index (κ1) is 18.0. The molecule has 4 nitrogen and oxygen atoms in total. The lowest BCUT2D eigenvalue weighted by molar-refractivity contribution is -0.125. The van der Waals surface area contributed by atoms with E-state index in [-0.39, 0.29) is 19.1 Å². The first-order chi connectivity index (χ1) is 11.6. The summed E-state index contributed by atoms with van der Waals surface area (Å²) in [5, 5.41) is 12.1. The van der Waals surface area contributed by atoms with Crippen LogP contribution in [0.15, 0.2) is 54.6 Å². The molecule has 2 aromatic carbocycles. The third kappa shape index (κ3) is 4.83. The number of ether oxygens (including phenoxy) is 1. The van der Waals surface area contributed by atoms with Crippen LogP contribution in [0, 0.1) is 0 Å². The highest BCUT2D eigenvalue weighted by atomic mass is 16.5. The molecule has 0 radical (unpaired) electrons. The molecule has 4 heteroatoms. The van der Waals surface area contributed by atoms with E-state index in [0.717, 1.165) is 17.5 Å². The van der Waals surface area contributed by atoms with Crippen LogP contribution in [-0.4, -0.2) is 29.8 Å². The molecule has 0 heterocycles. The fourth-order valence-corrected chi connectivity index (χ4v) is 2.54. The Kier molecular flexibility index (Phi) is 6.38. The largest absolute Gasteiger partial charge is 0.483 e. The van der Waals surface area contributed by atoms with Gasteiger partial charge in [0.1, 0.15) is 5.75 Å². The van der Waals surface area contributed by atoms with E-state index < -0.39 is 5.54 Å². The lowest BCUT2D eigenvalue weighted by Gasteiger charge is -2.29. The summed E-state index contributed by atoms with van der Waals surface area (Å²) in [5.74, 6) is 0.495. The second-order valence-corrected chi connectivity index (χ2v) is 6.09. The second-order valence-electron chi connectivity index (χ2n) is 6.09. The number of hydrogen-bond donors (Lipinski definition) is 2. The van der Waals surface area contributed by atoms with Gasteiger partial charge in [-0.2, -0.15) is 0 Å². The Morgan fingerprint density at radius 1 is 1.12 bits per heavy atom. The van der Waals surface area contributed by atoms with E-state index in [9.17, 15) is 4.79 Å². The molecule has 24 heavy (non-hydrogen) atoms. The quantitative estimate of drug-likeness (QED) is 0.781. The Bertz CT molecular complexity index is 657. The van der Waals surface area contributed by atoms with Crippen LogP contribution in [0.25, 0.3) is 11.1 Å². The lowest BCUT2D eigenvalue weighted by Crippen LogP contribution is -2.47. The Hall–Kier alpha value is -2.33. The first-order valence-electron chi connectivity index (χ1n) is 8.27. The van der Waals surface area contributed by atoms with E-state index in [2.05, 4.69) is 5.32 Å². The van der Waals surface area contributed by atoms with E-state index in [1.807, 2.05) is 68.4 Å². The summed E-state index contributed by atoms with van der Waals surface area (Å²) in [6.45, 7) is 3.91. The zero-order valence-corrected chi connectivity index (χ0v) is 14.3. The Morgan fingerprint density at radius 2 is 1.79 bits per heavy atom. The van der Waals surface area contributed by atoms with Crippen LogP contribution in [0.3, 0.4) is 0 Å². The Balaban J connectivity index is 2.04. The molecule has 0 saturated carbocycles. The predicted molar refractivity (Wildman–Crippen MR) is 95.9 cm³/mol. The van der Waals surface area contributed by atoms with E-state index >= 15 is 0 Å². The molecule has 1 amide bonds. The summed E-state index contributed by atoms with van der Waals surface area (Å²) < 4.78 is 5.75. The van der Waals surface area contributed by atoms with Crippen molar-refractivity contribution < 1.29 is 14.6 Å². The van der Waals surface area contributed by atoms with Crippen molar-refractivity contribution in [2.75, 3.05) is 13.2 Å². The van der Waals surface area contributed by atoms with E-state index in [0.29, 0.717) is 12.2 Å². The molecule has 0 bridgehead atoms. The Labute approximate surface area is 143 Å². The normalized spacial score (nSPS) is 13.1. The SMILES string of the molecule is CCC(C)(CCO)NC(=O)COc1ccccc1-c1ccccc1. The molecule has 0 spiro atoms. The second kappa shape index (κ2) is 8.50. The fraction of sp³-hybridized carbons (Fsp3) is 0.350. The van der Waals surface area contributed by atoms with Crippen molar-refractivity contribution in [3.63, 3.8) is 0 Å². The minimum absolute atomic E-state index is 0.0440. The van der Waals surface area contributed by atoms with E-state index in [4.69, 9.17) is 9.84 Å². The number of aliphatic hydroxyl groups excluding tert-OH is 1. The highest BCUT2D eigenvalue weighted by Crippen LogP contribution is 2.29. The molecule has 0 aliphatic heterocycles. The summed E-state index contributed by atoms with van der Waals surface area (Å²) >= 11 is 0. The van der Waals surface area contributed by atoms with Gasteiger partial charge in [-0.3, -0.25) is 4.79 Å². The number of rotatable bonds is 8. The van der Waals surface area contributed by atoms with Crippen molar-refractivity contribution in [2.24, 2.45) is 0 Å². The molecule has 0 fully saturated rings. The summed E-state index contributed by atoms with van der Waals surface area (Å²) in [4.78, 5) is 12.2. The van der Waals surface area contributed by atoms with Gasteiger partial charge in [0.05, 0.1) is 0 Å². The monoisotopic (exact) mass is 327 g/mol. The molecule has 0 aliphatic carbocycles. The van der Waals surface area contributed by atoms with Crippen LogP contribution >= 0.6 is 0 Å². The van der Waals surface area contributed by atoms with Gasteiger partial charge in [0.15, 0.2) is 6.61 Å². The molecule has 2 aromatic rings. The van der Waals surface area contributed by atoms with Crippen LogP contribution < -0.4 is 10.1 Å². The predicted octanol–water partition coefficient (Wildman–Crippen LogP) is 3.40. The number of amides is 1. The van der Waals surface area contributed by atoms with Crippen molar-refractivity contribution >= 4 is 5.91 Å². The maximum absolute atomic E-state index is 12.2. The van der Waals surface area contributed by atoms with Gasteiger partial charge in [0.25, 0.3) is 5.91 Å². The standard InChI is InChI=1S/C20H25NO3/c1-3-20(2,13-14-22)21-19(23)15-24-18-12-8-7-11-17(18)16-9-5-4-6-10-16/h4-12,22H,3,13-15H2,1-2H3,(H,21,23). The number of aliphatic hydroxyl groups is 1. The third-order valence-corrected chi connectivity index (χ3v) is 4.22. The molecular formula is C20H25NO3. The maximum atomic E-state index is 12.2. The maximum Gasteiger partial charge on any atom is 0.258 e. The highest BCUT2D eigenvalue weighted by molar-refractivity contribution is 5.79. The Morgan fingerprint density at radius 3 is 2.46 bits per heavy atom. The number of carbonyl (C=O) groups excluding carboxylic acids is 1. The van der Waals surface area contributed by atoms with Crippen molar-refractivity contribution in [3.05, 3.63) is 54.6 Å². The molecular weight excluding hydrogens is 302 g/mol. The van der Waals surface area contributed by atoms with Crippen molar-refractivity contribution in [3.8, 4) is 16.9 Å². The van der Waals surface area contributed by atoms with E-state index in [1.165, 1.54) is 0 Å². The van der Waals surface area contributed by atoms with Gasteiger partial charge < -0.3 is 15.2 Å². The van der Waals surface area contributed by atoms with Crippen LogP contribution in [0.2, 0.25) is 0 Å². The topological polar surface area (TPSA) is 58.6 Å². The minimum Gasteiger partial charge on any atom is -0.483 e. The van der Waals surface area contributed by atoms with Crippen LogP contribution in [-0.2, 0) is 4.79 Å². The molecule has 0 aromatic heterocycles. The molecule has 0 aliphatic rings. The molecule has 1 unspecified atom stereocenters. The van der Waals surface area contributed by atoms with Gasteiger partial charge in [-0.1, -0.05) is 55.5 Å². The van der Waals surface area contributed by atoms with Crippen LogP contribution in [0.5, 0.6) is 5.75 Å². The number of para-hydroxylation sites is 1. The van der Waals surface area contributed by atoms with E-state index in [1.54, 1.807) is 0 Å². The smallest absolute Gasteiger partial charge is 0.258 e. The van der Waals surface area contributed by atoms with Gasteiger partial charge in [0, 0.05) is 17.7 Å². The molecule has 1 atom stereocenters. The van der Waals surface area contributed by atoms with Crippen molar-refractivity contribution in [1.29, 1.82) is 0 Å². The molecule has 2 N–H and O–H groups in total. The fourth-order valence-electron chi connectivity index (χ4n) is 2.54. The molecule has 0 saturated heterocycles. The zero-order valence-electron chi connectivity index (χ0n) is 14.3. The van der Waals surface area contributed by atoms with Crippen molar-refractivity contribution in [1.82, 2.24) is 5.32 Å². The van der Waals surface area contributed by atoms with Gasteiger partial charge in [-0.15, -0.1) is 0 Å². The third-order valence-electron chi connectivity index (χ3n) is 4.22. The average Bonchev–Trinajstić information content (AvgIpc) is 2.61. The van der Waals surface area contributed by atoms with Crippen LogP contribution in [0.4, 0.5) is 0 Å². The number of hydrogen-bond acceptors (Lipinski definition) is 3. The summed E-state index contributed by atoms with van der Waals surface area (Å²) in [6, 6.07) is 17.6.